The van der Waals surface area contributed by atoms with E-state index in [4.69, 9.17) is 15.2 Å². The van der Waals surface area contributed by atoms with Crippen LogP contribution in [-0.2, 0) is 22.1 Å². The Morgan fingerprint density at radius 2 is 1.94 bits per heavy atom. The second-order valence-corrected chi connectivity index (χ2v) is 7.21. The Balaban J connectivity index is 1.89. The Morgan fingerprint density at radius 1 is 1.25 bits per heavy atom. The number of benzene rings is 2. The lowest BCUT2D eigenvalue weighted by atomic mass is 10.0. The van der Waals surface area contributed by atoms with Gasteiger partial charge in [-0.2, -0.15) is 13.2 Å². The summed E-state index contributed by atoms with van der Waals surface area (Å²) in [7, 11) is 1.29. The van der Waals surface area contributed by atoms with Gasteiger partial charge in [-0.3, -0.25) is 4.79 Å². The third kappa shape index (κ3) is 7.67. The highest BCUT2D eigenvalue weighted by molar-refractivity contribution is 5.94. The molecule has 2 aromatic rings. The smallest absolute Gasteiger partial charge is 0.416 e. The van der Waals surface area contributed by atoms with E-state index < -0.39 is 35.9 Å². The summed E-state index contributed by atoms with van der Waals surface area (Å²) >= 11 is 0. The van der Waals surface area contributed by atoms with E-state index in [1.54, 1.807) is 12.1 Å². The second kappa shape index (κ2) is 11.7. The molecule has 0 fully saturated rings. The Bertz CT molecular complexity index is 888. The number of alkyl halides is 3. The van der Waals surface area contributed by atoms with Crippen molar-refractivity contribution in [1.29, 1.82) is 0 Å². The number of anilines is 1. The fourth-order valence-electron chi connectivity index (χ4n) is 2.90. The van der Waals surface area contributed by atoms with E-state index in [0.717, 1.165) is 29.8 Å². The molecule has 0 radical (unpaired) electrons. The Labute approximate surface area is 184 Å². The van der Waals surface area contributed by atoms with E-state index in [0.29, 0.717) is 12.2 Å². The van der Waals surface area contributed by atoms with Crippen LogP contribution in [0.3, 0.4) is 0 Å². The van der Waals surface area contributed by atoms with Crippen LogP contribution in [0, 0.1) is 0 Å². The Hall–Kier alpha value is -2.88. The molecule has 0 saturated carbocycles. The minimum atomic E-state index is -4.47. The first kappa shape index (κ1) is 25.4. The van der Waals surface area contributed by atoms with E-state index in [2.05, 4.69) is 11.9 Å². The number of rotatable bonds is 11. The fraction of sp³-hybridized carbons (Fsp3) is 0.348. The molecule has 6 nitrogen and oxygen atoms in total. The van der Waals surface area contributed by atoms with E-state index >= 15 is 0 Å². The van der Waals surface area contributed by atoms with Crippen LogP contribution in [0.5, 0.6) is 5.75 Å². The van der Waals surface area contributed by atoms with Gasteiger partial charge in [-0.05, 0) is 48.4 Å². The molecule has 2 rings (SSSR count). The van der Waals surface area contributed by atoms with Gasteiger partial charge in [0.05, 0.1) is 17.7 Å². The normalized spacial score (nSPS) is 14.3. The molecule has 0 aliphatic rings. The van der Waals surface area contributed by atoms with Crippen LogP contribution in [0.2, 0.25) is 0 Å². The van der Waals surface area contributed by atoms with Gasteiger partial charge in [0.1, 0.15) is 18.5 Å². The van der Waals surface area contributed by atoms with Crippen LogP contribution < -0.4 is 15.8 Å². The summed E-state index contributed by atoms with van der Waals surface area (Å²) in [5, 5.41) is 12.8. The van der Waals surface area contributed by atoms with Gasteiger partial charge in [0.2, 0.25) is 0 Å². The highest BCUT2D eigenvalue weighted by Crippen LogP contribution is 2.29. The zero-order valence-corrected chi connectivity index (χ0v) is 17.6. The van der Waals surface area contributed by atoms with Crippen LogP contribution in [0.4, 0.5) is 18.9 Å². The lowest BCUT2D eigenvalue weighted by Crippen LogP contribution is -2.44. The molecule has 0 aliphatic carbocycles. The molecule has 0 aromatic heterocycles. The molecule has 9 heteroatoms. The van der Waals surface area contributed by atoms with Crippen molar-refractivity contribution in [2.45, 2.75) is 37.3 Å². The van der Waals surface area contributed by atoms with Crippen molar-refractivity contribution in [3.63, 3.8) is 0 Å². The van der Waals surface area contributed by atoms with Gasteiger partial charge >= 0.3 is 6.18 Å². The van der Waals surface area contributed by atoms with E-state index in [-0.39, 0.29) is 18.7 Å². The van der Waals surface area contributed by atoms with Crippen LogP contribution in [0.15, 0.2) is 61.2 Å². The highest BCUT2D eigenvalue weighted by Gasteiger charge is 2.30. The lowest BCUT2D eigenvalue weighted by molar-refractivity contribution is -0.137. The maximum Gasteiger partial charge on any atom is 0.416 e. The van der Waals surface area contributed by atoms with Crippen molar-refractivity contribution in [2.75, 3.05) is 19.0 Å². The van der Waals surface area contributed by atoms with Crippen molar-refractivity contribution in [1.82, 2.24) is 0 Å². The highest BCUT2D eigenvalue weighted by atomic mass is 19.4. The molecule has 0 spiro atoms. The zero-order valence-electron chi connectivity index (χ0n) is 17.6. The summed E-state index contributed by atoms with van der Waals surface area (Å²) in [6, 6.07) is 10.6. The first-order chi connectivity index (χ1) is 15.1. The van der Waals surface area contributed by atoms with Crippen molar-refractivity contribution in [2.24, 2.45) is 5.73 Å². The second-order valence-electron chi connectivity index (χ2n) is 7.21. The Morgan fingerprint density at radius 3 is 2.53 bits per heavy atom. The number of allylic oxidation sites excluding steroid dienone is 1. The van der Waals surface area contributed by atoms with Crippen LogP contribution in [0.1, 0.15) is 17.5 Å². The maximum absolute atomic E-state index is 12.6. The molecule has 3 atom stereocenters. The molecule has 4 N–H and O–H groups in total. The fourth-order valence-corrected chi connectivity index (χ4v) is 2.90. The van der Waals surface area contributed by atoms with Crippen molar-refractivity contribution in [3.05, 3.63) is 72.3 Å². The van der Waals surface area contributed by atoms with Crippen LogP contribution in [-0.4, -0.2) is 43.0 Å². The molecule has 1 amide bonds. The van der Waals surface area contributed by atoms with Gasteiger partial charge in [0.25, 0.3) is 5.91 Å². The molecule has 0 bridgehead atoms. The van der Waals surface area contributed by atoms with Gasteiger partial charge in [-0.1, -0.05) is 18.2 Å². The minimum Gasteiger partial charge on any atom is -0.492 e. The van der Waals surface area contributed by atoms with E-state index in [1.807, 2.05) is 18.2 Å². The first-order valence-electron chi connectivity index (χ1n) is 9.91. The maximum atomic E-state index is 12.6. The number of carbonyl (C=O) groups is 1. The summed E-state index contributed by atoms with van der Waals surface area (Å²) < 4.78 is 48.7. The number of amides is 1. The number of nitrogens with two attached hydrogens (primary N) is 1. The number of nitrogens with one attached hydrogen (secondary N) is 1. The summed E-state index contributed by atoms with van der Waals surface area (Å²) in [5.74, 6) is -0.0214. The zero-order chi connectivity index (χ0) is 23.7. The molecule has 0 saturated heterocycles. The number of halogens is 3. The van der Waals surface area contributed by atoms with Gasteiger partial charge in [0.15, 0.2) is 0 Å². The number of aliphatic hydroxyl groups is 1. The molecule has 0 aliphatic heterocycles. The molecular formula is C23H27F3N2O4. The van der Waals surface area contributed by atoms with Crippen molar-refractivity contribution < 1.29 is 32.5 Å². The third-order valence-electron chi connectivity index (χ3n) is 4.73. The number of aliphatic hydroxyl groups excluding tert-OH is 1. The number of methoxy groups -OCH3 is 1. The molecule has 0 heterocycles. The van der Waals surface area contributed by atoms with Gasteiger partial charge in [-0.15, -0.1) is 6.58 Å². The SMILES string of the molecule is C=CCc1cccc(OC[C@H](N)[C@@H](O)C[C@@H](OC)C(=O)Nc2ccc(C(F)(F)F)cc2)c1. The van der Waals surface area contributed by atoms with Gasteiger partial charge in [0, 0.05) is 19.2 Å². The summed E-state index contributed by atoms with van der Waals surface area (Å²) in [6.07, 6.45) is -4.30. The monoisotopic (exact) mass is 452 g/mol. The van der Waals surface area contributed by atoms with Gasteiger partial charge < -0.3 is 25.6 Å². The van der Waals surface area contributed by atoms with E-state index in [1.165, 1.54) is 7.11 Å². The number of hydrogen-bond acceptors (Lipinski definition) is 5. The lowest BCUT2D eigenvalue weighted by Gasteiger charge is -2.23. The first-order valence-corrected chi connectivity index (χ1v) is 9.91. The summed E-state index contributed by atoms with van der Waals surface area (Å²) in [6.45, 7) is 3.70. The third-order valence-corrected chi connectivity index (χ3v) is 4.73. The number of ether oxygens (including phenoxy) is 2. The minimum absolute atomic E-state index is 0.00959. The van der Waals surface area contributed by atoms with Crippen molar-refractivity contribution >= 4 is 11.6 Å². The molecular weight excluding hydrogens is 425 g/mol. The van der Waals surface area contributed by atoms with Crippen LogP contribution >= 0.6 is 0 Å². The summed E-state index contributed by atoms with van der Waals surface area (Å²) in [5.41, 5.74) is 6.36. The summed E-state index contributed by atoms with van der Waals surface area (Å²) in [4.78, 5) is 12.4. The molecule has 32 heavy (non-hydrogen) atoms. The number of carbonyl (C=O) groups excluding carboxylic acids is 1. The topological polar surface area (TPSA) is 93.8 Å². The predicted octanol–water partition coefficient (Wildman–Crippen LogP) is 3.54. The predicted molar refractivity (Wildman–Crippen MR) is 115 cm³/mol. The van der Waals surface area contributed by atoms with Gasteiger partial charge in [-0.25, -0.2) is 0 Å². The van der Waals surface area contributed by atoms with Crippen molar-refractivity contribution in [3.8, 4) is 5.75 Å². The number of hydrogen-bond donors (Lipinski definition) is 3. The average molecular weight is 452 g/mol. The quantitative estimate of drug-likeness (QED) is 0.454. The Kier molecular flexibility index (Phi) is 9.25. The largest absolute Gasteiger partial charge is 0.492 e. The standard InChI is InChI=1S/C23H27F3N2O4/c1-3-5-15-6-4-7-18(12-15)32-14-19(27)20(29)13-21(31-2)22(30)28-17-10-8-16(9-11-17)23(24,25)26/h3-4,6-12,19-21,29H,1,5,13-14,27H2,2H3,(H,28,30)/t19-,20-,21+/m0/s1. The molecule has 2 aromatic carbocycles. The van der Waals surface area contributed by atoms with Crippen LogP contribution in [0.25, 0.3) is 0 Å². The molecule has 0 unspecified atom stereocenters. The van der Waals surface area contributed by atoms with E-state index in [9.17, 15) is 23.1 Å². The molecule has 174 valence electrons. The average Bonchev–Trinajstić information content (AvgIpc) is 2.75.